The van der Waals surface area contributed by atoms with Crippen LogP contribution in [0.25, 0.3) is 0 Å². The molecule has 110 valence electrons. The van der Waals surface area contributed by atoms with Crippen molar-refractivity contribution in [2.24, 2.45) is 0 Å². The maximum atomic E-state index is 13.4. The molecule has 0 saturated carbocycles. The van der Waals surface area contributed by atoms with Gasteiger partial charge in [-0.05, 0) is 30.7 Å². The monoisotopic (exact) mass is 287 g/mol. The van der Waals surface area contributed by atoms with Gasteiger partial charge < -0.3 is 10.1 Å². The fourth-order valence-electron chi connectivity index (χ4n) is 1.89. The lowest BCUT2D eigenvalue weighted by molar-refractivity contribution is -0.121. The number of amides is 1. The zero-order valence-electron chi connectivity index (χ0n) is 11.9. The number of carbonyl (C=O) groups excluding carboxylic acids is 1. The molecule has 0 aliphatic carbocycles. The molecule has 0 saturated heterocycles. The summed E-state index contributed by atoms with van der Waals surface area (Å²) in [5, 5.41) is 2.68. The first-order valence-corrected chi connectivity index (χ1v) is 6.85. The van der Waals surface area contributed by atoms with Crippen molar-refractivity contribution < 1.29 is 13.9 Å². The Morgan fingerprint density at radius 3 is 2.76 bits per heavy atom. The van der Waals surface area contributed by atoms with Gasteiger partial charge in [0, 0.05) is 12.1 Å². The summed E-state index contributed by atoms with van der Waals surface area (Å²) in [6.45, 7) is 2.47. The number of ether oxygens (including phenoxy) is 1. The van der Waals surface area contributed by atoms with Gasteiger partial charge in [0.25, 0.3) is 0 Å². The number of aryl methyl sites for hydroxylation is 1. The zero-order valence-corrected chi connectivity index (χ0v) is 11.9. The largest absolute Gasteiger partial charge is 0.493 e. The number of benzene rings is 2. The number of rotatable bonds is 6. The molecule has 0 aliphatic rings. The number of hydrogen-bond donors (Lipinski definition) is 1. The van der Waals surface area contributed by atoms with Crippen LogP contribution in [0.3, 0.4) is 0 Å². The first-order valence-electron chi connectivity index (χ1n) is 6.85. The van der Waals surface area contributed by atoms with Crippen LogP contribution < -0.4 is 10.1 Å². The van der Waals surface area contributed by atoms with Gasteiger partial charge in [0.15, 0.2) is 0 Å². The average molecular weight is 287 g/mol. The van der Waals surface area contributed by atoms with Crippen LogP contribution in [0.1, 0.15) is 17.5 Å². The second-order valence-corrected chi connectivity index (χ2v) is 4.78. The Labute approximate surface area is 123 Å². The number of hydrogen-bond acceptors (Lipinski definition) is 2. The van der Waals surface area contributed by atoms with Crippen molar-refractivity contribution in [3.63, 3.8) is 0 Å². The van der Waals surface area contributed by atoms with Crippen molar-refractivity contribution in [2.45, 2.75) is 19.9 Å². The molecule has 2 aromatic rings. The molecule has 0 spiro atoms. The van der Waals surface area contributed by atoms with E-state index in [-0.39, 0.29) is 24.7 Å². The van der Waals surface area contributed by atoms with Crippen molar-refractivity contribution in [3.05, 3.63) is 65.5 Å². The summed E-state index contributed by atoms with van der Waals surface area (Å²) in [5.74, 6) is 0.275. The molecule has 0 aromatic heterocycles. The summed E-state index contributed by atoms with van der Waals surface area (Å²) in [7, 11) is 0. The number of carbonyl (C=O) groups is 1. The molecule has 0 radical (unpaired) electrons. The molecule has 2 rings (SSSR count). The molecule has 3 nitrogen and oxygen atoms in total. The van der Waals surface area contributed by atoms with Gasteiger partial charge in [0.05, 0.1) is 13.0 Å². The van der Waals surface area contributed by atoms with Gasteiger partial charge in [0.2, 0.25) is 5.91 Å². The van der Waals surface area contributed by atoms with E-state index in [1.807, 2.05) is 31.2 Å². The van der Waals surface area contributed by atoms with Crippen molar-refractivity contribution in [1.29, 1.82) is 0 Å². The van der Waals surface area contributed by atoms with E-state index in [9.17, 15) is 9.18 Å². The molecule has 0 atom stereocenters. The van der Waals surface area contributed by atoms with Crippen molar-refractivity contribution in [2.75, 3.05) is 6.61 Å². The van der Waals surface area contributed by atoms with Gasteiger partial charge in [0.1, 0.15) is 11.6 Å². The van der Waals surface area contributed by atoms with Gasteiger partial charge in [-0.3, -0.25) is 4.79 Å². The summed E-state index contributed by atoms with van der Waals surface area (Å²) in [6, 6.07) is 14.0. The van der Waals surface area contributed by atoms with Crippen molar-refractivity contribution in [3.8, 4) is 5.75 Å². The highest BCUT2D eigenvalue weighted by atomic mass is 19.1. The highest BCUT2D eigenvalue weighted by Crippen LogP contribution is 2.12. The van der Waals surface area contributed by atoms with E-state index < -0.39 is 0 Å². The summed E-state index contributed by atoms with van der Waals surface area (Å²) in [6.07, 6.45) is 0.238. The van der Waals surface area contributed by atoms with Gasteiger partial charge in [-0.1, -0.05) is 30.3 Å². The van der Waals surface area contributed by atoms with Crippen LogP contribution in [0.15, 0.2) is 48.5 Å². The lowest BCUT2D eigenvalue weighted by Gasteiger charge is -2.08. The molecule has 2 aromatic carbocycles. The Morgan fingerprint density at radius 2 is 2.00 bits per heavy atom. The van der Waals surface area contributed by atoms with Crippen LogP contribution in [0.2, 0.25) is 0 Å². The fourth-order valence-corrected chi connectivity index (χ4v) is 1.89. The van der Waals surface area contributed by atoms with Crippen LogP contribution in [0, 0.1) is 12.7 Å². The lowest BCUT2D eigenvalue weighted by atomic mass is 10.2. The van der Waals surface area contributed by atoms with E-state index in [4.69, 9.17) is 4.74 Å². The molecule has 1 amide bonds. The van der Waals surface area contributed by atoms with Crippen LogP contribution in [-0.2, 0) is 11.3 Å². The molecular formula is C17H18FNO2. The lowest BCUT2D eigenvalue weighted by Crippen LogP contribution is -2.24. The highest BCUT2D eigenvalue weighted by Gasteiger charge is 2.05. The van der Waals surface area contributed by atoms with E-state index in [2.05, 4.69) is 5.32 Å². The third-order valence-electron chi connectivity index (χ3n) is 3.02. The quantitative estimate of drug-likeness (QED) is 0.886. The predicted octanol–water partition coefficient (Wildman–Crippen LogP) is 3.22. The maximum Gasteiger partial charge on any atom is 0.223 e. The highest BCUT2D eigenvalue weighted by molar-refractivity contribution is 5.76. The Balaban J connectivity index is 1.72. The molecule has 0 fully saturated rings. The third kappa shape index (κ3) is 4.91. The molecule has 21 heavy (non-hydrogen) atoms. The minimum atomic E-state index is -0.311. The normalized spacial score (nSPS) is 10.2. The predicted molar refractivity (Wildman–Crippen MR) is 79.5 cm³/mol. The number of nitrogens with one attached hydrogen (secondary N) is 1. The van der Waals surface area contributed by atoms with Crippen LogP contribution in [0.5, 0.6) is 5.75 Å². The molecule has 1 N–H and O–H groups in total. The van der Waals surface area contributed by atoms with E-state index in [1.54, 1.807) is 18.2 Å². The third-order valence-corrected chi connectivity index (χ3v) is 3.02. The molecule has 4 heteroatoms. The maximum absolute atomic E-state index is 13.4. The Bertz CT molecular complexity index is 613. The van der Waals surface area contributed by atoms with E-state index in [0.29, 0.717) is 12.2 Å². The summed E-state index contributed by atoms with van der Waals surface area (Å²) < 4.78 is 18.9. The van der Waals surface area contributed by atoms with Gasteiger partial charge >= 0.3 is 0 Å². The van der Waals surface area contributed by atoms with E-state index in [1.165, 1.54) is 6.07 Å². The molecular weight excluding hydrogens is 269 g/mol. The Hall–Kier alpha value is -2.36. The average Bonchev–Trinajstić information content (AvgIpc) is 2.46. The van der Waals surface area contributed by atoms with Crippen molar-refractivity contribution in [1.82, 2.24) is 5.32 Å². The molecule has 0 unspecified atom stereocenters. The van der Waals surface area contributed by atoms with Gasteiger partial charge in [-0.2, -0.15) is 0 Å². The SMILES string of the molecule is Cc1cccc(OCCC(=O)NCc2ccccc2F)c1. The van der Waals surface area contributed by atoms with Crippen LogP contribution >= 0.6 is 0 Å². The van der Waals surface area contributed by atoms with E-state index in [0.717, 1.165) is 11.3 Å². The van der Waals surface area contributed by atoms with Crippen LogP contribution in [0.4, 0.5) is 4.39 Å². The second kappa shape index (κ2) is 7.43. The van der Waals surface area contributed by atoms with Gasteiger partial charge in [-0.15, -0.1) is 0 Å². The molecule has 0 aliphatic heterocycles. The second-order valence-electron chi connectivity index (χ2n) is 4.78. The number of halogens is 1. The topological polar surface area (TPSA) is 38.3 Å². The first kappa shape index (κ1) is 15.0. The zero-order chi connectivity index (χ0) is 15.1. The minimum Gasteiger partial charge on any atom is -0.493 e. The molecule has 0 heterocycles. The minimum absolute atomic E-state index is 0.161. The smallest absolute Gasteiger partial charge is 0.223 e. The summed E-state index contributed by atoms with van der Waals surface area (Å²) >= 11 is 0. The fraction of sp³-hybridized carbons (Fsp3) is 0.235. The first-order chi connectivity index (χ1) is 10.1. The summed E-state index contributed by atoms with van der Waals surface area (Å²) in [5.41, 5.74) is 1.59. The van der Waals surface area contributed by atoms with E-state index >= 15 is 0 Å². The standard InChI is InChI=1S/C17H18FNO2/c1-13-5-4-7-15(11-13)21-10-9-17(20)19-12-14-6-2-3-8-16(14)18/h2-8,11H,9-10,12H2,1H3,(H,19,20). The van der Waals surface area contributed by atoms with Crippen LogP contribution in [-0.4, -0.2) is 12.5 Å². The Morgan fingerprint density at radius 1 is 1.19 bits per heavy atom. The van der Waals surface area contributed by atoms with Gasteiger partial charge in [-0.25, -0.2) is 4.39 Å². The molecule has 0 bridgehead atoms. The summed E-state index contributed by atoms with van der Waals surface area (Å²) in [4.78, 5) is 11.7. The van der Waals surface area contributed by atoms with Crippen molar-refractivity contribution >= 4 is 5.91 Å². The Kier molecular flexibility index (Phi) is 5.32.